The zero-order valence-electron chi connectivity index (χ0n) is 16.9. The van der Waals surface area contributed by atoms with Crippen molar-refractivity contribution < 1.29 is 35.9 Å². The van der Waals surface area contributed by atoms with E-state index in [0.717, 1.165) is 63.3 Å². The number of halogens is 3. The van der Waals surface area contributed by atoms with Crippen LogP contribution in [0.3, 0.4) is 0 Å². The third kappa shape index (κ3) is 7.34. The lowest BCUT2D eigenvalue weighted by Gasteiger charge is -2.35. The monoisotopic (exact) mass is 465 g/mol. The Morgan fingerprint density at radius 3 is 2.42 bits per heavy atom. The standard InChI is InChI=1S/C19H26F3N3O5S/c20-19(21,22)30-15-3-5-17(6-4-15)31(27,28)23-8-7-18(26)25-11-9-24(10-12-25)14-16-2-1-13-29-16/h3-6,16,23H,1-2,7-14H2. The van der Waals surface area contributed by atoms with Crippen LogP contribution in [0.2, 0.25) is 0 Å². The second kappa shape index (κ2) is 10.2. The Bertz CT molecular complexity index is 834. The number of nitrogens with one attached hydrogen (secondary N) is 1. The summed E-state index contributed by atoms with van der Waals surface area (Å²) in [5.41, 5.74) is 0. The summed E-state index contributed by atoms with van der Waals surface area (Å²) in [6, 6.07) is 3.86. The summed E-state index contributed by atoms with van der Waals surface area (Å²) in [5.74, 6) is -0.659. The van der Waals surface area contributed by atoms with Crippen LogP contribution in [0.4, 0.5) is 13.2 Å². The predicted molar refractivity (Wildman–Crippen MR) is 105 cm³/mol. The van der Waals surface area contributed by atoms with Crippen molar-refractivity contribution in [3.63, 3.8) is 0 Å². The molecule has 0 aromatic heterocycles. The Labute approximate surface area is 179 Å². The average molecular weight is 465 g/mol. The van der Waals surface area contributed by atoms with E-state index in [1.165, 1.54) is 0 Å². The highest BCUT2D eigenvalue weighted by atomic mass is 32.2. The van der Waals surface area contributed by atoms with E-state index in [0.29, 0.717) is 13.1 Å². The number of carbonyl (C=O) groups excluding carboxylic acids is 1. The van der Waals surface area contributed by atoms with Gasteiger partial charge in [0.2, 0.25) is 15.9 Å². The molecule has 1 amide bonds. The van der Waals surface area contributed by atoms with Crippen molar-refractivity contribution in [2.45, 2.75) is 36.6 Å². The van der Waals surface area contributed by atoms with Crippen LogP contribution in [0.1, 0.15) is 19.3 Å². The van der Waals surface area contributed by atoms with Crippen molar-refractivity contribution in [3.8, 4) is 5.75 Å². The van der Waals surface area contributed by atoms with Gasteiger partial charge in [0.25, 0.3) is 0 Å². The van der Waals surface area contributed by atoms with Gasteiger partial charge in [0.05, 0.1) is 11.0 Å². The molecule has 0 aliphatic carbocycles. The van der Waals surface area contributed by atoms with Crippen LogP contribution < -0.4 is 9.46 Å². The number of alkyl halides is 3. The number of hydrogen-bond acceptors (Lipinski definition) is 6. The van der Waals surface area contributed by atoms with Gasteiger partial charge in [-0.05, 0) is 37.1 Å². The maximum atomic E-state index is 12.4. The van der Waals surface area contributed by atoms with E-state index < -0.39 is 22.1 Å². The van der Waals surface area contributed by atoms with Crippen molar-refractivity contribution in [1.82, 2.24) is 14.5 Å². The quantitative estimate of drug-likeness (QED) is 0.627. The molecule has 3 rings (SSSR count). The van der Waals surface area contributed by atoms with Gasteiger partial charge in [0, 0.05) is 52.3 Å². The molecule has 8 nitrogen and oxygen atoms in total. The summed E-state index contributed by atoms with van der Waals surface area (Å²) >= 11 is 0. The lowest BCUT2D eigenvalue weighted by Crippen LogP contribution is -2.50. The van der Waals surface area contributed by atoms with Gasteiger partial charge in [-0.3, -0.25) is 9.69 Å². The average Bonchev–Trinajstić information content (AvgIpc) is 3.20. The zero-order valence-corrected chi connectivity index (χ0v) is 17.8. The first-order valence-corrected chi connectivity index (χ1v) is 11.6. The van der Waals surface area contributed by atoms with Gasteiger partial charge in [-0.15, -0.1) is 13.2 Å². The Kier molecular flexibility index (Phi) is 7.78. The molecule has 0 radical (unpaired) electrons. The fourth-order valence-corrected chi connectivity index (χ4v) is 4.64. The number of nitrogens with zero attached hydrogens (tertiary/aromatic N) is 2. The van der Waals surface area contributed by atoms with Gasteiger partial charge in [-0.1, -0.05) is 0 Å². The van der Waals surface area contributed by atoms with E-state index in [1.807, 2.05) is 0 Å². The molecular formula is C19H26F3N3O5S. The normalized spacial score (nSPS) is 20.7. The third-order valence-corrected chi connectivity index (χ3v) is 6.69. The molecule has 2 aliphatic heterocycles. The smallest absolute Gasteiger partial charge is 0.406 e. The zero-order chi connectivity index (χ0) is 22.5. The lowest BCUT2D eigenvalue weighted by atomic mass is 10.2. The molecule has 12 heteroatoms. The minimum Gasteiger partial charge on any atom is -0.406 e. The van der Waals surface area contributed by atoms with E-state index in [1.54, 1.807) is 4.90 Å². The molecule has 1 aromatic rings. The highest BCUT2D eigenvalue weighted by Gasteiger charge is 2.31. The van der Waals surface area contributed by atoms with Crippen molar-refractivity contribution >= 4 is 15.9 Å². The van der Waals surface area contributed by atoms with E-state index in [4.69, 9.17) is 4.74 Å². The van der Waals surface area contributed by atoms with Crippen LogP contribution in [0.5, 0.6) is 5.75 Å². The molecule has 31 heavy (non-hydrogen) atoms. The molecule has 2 saturated heterocycles. The molecule has 2 aliphatic rings. The minimum atomic E-state index is -4.85. The summed E-state index contributed by atoms with van der Waals surface area (Å²) in [5, 5.41) is 0. The molecule has 2 fully saturated rings. The number of benzene rings is 1. The minimum absolute atomic E-state index is 0.000233. The second-order valence-electron chi connectivity index (χ2n) is 7.48. The van der Waals surface area contributed by atoms with Crippen molar-refractivity contribution in [2.24, 2.45) is 0 Å². The molecular weight excluding hydrogens is 439 g/mol. The Hall–Kier alpha value is -1.89. The molecule has 1 atom stereocenters. The summed E-state index contributed by atoms with van der Waals surface area (Å²) < 4.78 is 72.8. The topological polar surface area (TPSA) is 88.2 Å². The summed E-state index contributed by atoms with van der Waals surface area (Å²) in [6.07, 6.45) is -2.43. The van der Waals surface area contributed by atoms with E-state index >= 15 is 0 Å². The Morgan fingerprint density at radius 1 is 1.16 bits per heavy atom. The largest absolute Gasteiger partial charge is 0.573 e. The number of piperazine rings is 1. The maximum Gasteiger partial charge on any atom is 0.573 e. The molecule has 1 aromatic carbocycles. The van der Waals surface area contributed by atoms with Gasteiger partial charge in [0.15, 0.2) is 0 Å². The number of amides is 1. The van der Waals surface area contributed by atoms with Crippen LogP contribution in [0.15, 0.2) is 29.2 Å². The Morgan fingerprint density at radius 2 is 1.84 bits per heavy atom. The van der Waals surface area contributed by atoms with Crippen molar-refractivity contribution in [2.75, 3.05) is 45.9 Å². The molecule has 1 N–H and O–H groups in total. The number of ether oxygens (including phenoxy) is 2. The summed E-state index contributed by atoms with van der Waals surface area (Å²) in [6.45, 7) is 4.25. The maximum absolute atomic E-state index is 12.4. The molecule has 174 valence electrons. The van der Waals surface area contributed by atoms with E-state index in [9.17, 15) is 26.4 Å². The first-order valence-electron chi connectivity index (χ1n) is 10.1. The van der Waals surface area contributed by atoms with Crippen LogP contribution in [0.25, 0.3) is 0 Å². The number of rotatable bonds is 8. The first-order chi connectivity index (χ1) is 14.6. The molecule has 0 bridgehead atoms. The van der Waals surface area contributed by atoms with E-state index in [2.05, 4.69) is 14.4 Å². The SMILES string of the molecule is O=C(CCNS(=O)(=O)c1ccc(OC(F)(F)F)cc1)N1CCN(CC2CCCO2)CC1. The van der Waals surface area contributed by atoms with Crippen LogP contribution in [-0.2, 0) is 19.6 Å². The van der Waals surface area contributed by atoms with Gasteiger partial charge in [-0.25, -0.2) is 13.1 Å². The summed E-state index contributed by atoms with van der Waals surface area (Å²) in [7, 11) is -3.95. The van der Waals surface area contributed by atoms with Gasteiger partial charge in [-0.2, -0.15) is 0 Å². The van der Waals surface area contributed by atoms with Gasteiger partial charge < -0.3 is 14.4 Å². The highest BCUT2D eigenvalue weighted by Crippen LogP contribution is 2.23. The van der Waals surface area contributed by atoms with E-state index in [-0.39, 0.29) is 29.9 Å². The molecule has 0 saturated carbocycles. The van der Waals surface area contributed by atoms with Crippen LogP contribution >= 0.6 is 0 Å². The highest BCUT2D eigenvalue weighted by molar-refractivity contribution is 7.89. The molecule has 0 spiro atoms. The second-order valence-corrected chi connectivity index (χ2v) is 9.25. The first kappa shape index (κ1) is 23.8. The summed E-state index contributed by atoms with van der Waals surface area (Å²) in [4.78, 5) is 16.1. The molecule has 1 unspecified atom stereocenters. The Balaban J connectivity index is 1.40. The van der Waals surface area contributed by atoms with Crippen molar-refractivity contribution in [1.29, 1.82) is 0 Å². The van der Waals surface area contributed by atoms with Crippen LogP contribution in [0, 0.1) is 0 Å². The van der Waals surface area contributed by atoms with Crippen molar-refractivity contribution in [3.05, 3.63) is 24.3 Å². The number of carbonyl (C=O) groups is 1. The predicted octanol–water partition coefficient (Wildman–Crippen LogP) is 1.58. The third-order valence-electron chi connectivity index (χ3n) is 5.21. The number of sulfonamides is 1. The fraction of sp³-hybridized carbons (Fsp3) is 0.632. The molecule has 2 heterocycles. The number of hydrogen-bond donors (Lipinski definition) is 1. The lowest BCUT2D eigenvalue weighted by molar-refractivity contribution is -0.274. The fourth-order valence-electron chi connectivity index (χ4n) is 3.61. The van der Waals surface area contributed by atoms with Gasteiger partial charge in [0.1, 0.15) is 5.75 Å². The van der Waals surface area contributed by atoms with Crippen LogP contribution in [-0.4, -0.2) is 82.5 Å². The van der Waals surface area contributed by atoms with Gasteiger partial charge >= 0.3 is 6.36 Å².